The van der Waals surface area contributed by atoms with Gasteiger partial charge in [-0.1, -0.05) is 0 Å². The highest BCUT2D eigenvalue weighted by molar-refractivity contribution is 5.99. The number of imide groups is 1. The van der Waals surface area contributed by atoms with Crippen LogP contribution >= 0.6 is 0 Å². The third-order valence-corrected chi connectivity index (χ3v) is 3.81. The summed E-state index contributed by atoms with van der Waals surface area (Å²) in [4.78, 5) is 48.4. The molecular weight excluding hydrogens is 396 g/mol. The molecule has 0 spiro atoms. The third-order valence-electron chi connectivity index (χ3n) is 3.81. The van der Waals surface area contributed by atoms with Gasteiger partial charge in [0, 0.05) is 18.7 Å². The summed E-state index contributed by atoms with van der Waals surface area (Å²) < 4.78 is 38.7. The molecule has 1 aliphatic heterocycles. The topological polar surface area (TPSA) is 123 Å². The molecule has 12 heteroatoms. The van der Waals surface area contributed by atoms with Crippen LogP contribution < -0.4 is 20.1 Å². The van der Waals surface area contributed by atoms with Crippen LogP contribution in [0.15, 0.2) is 18.2 Å². The summed E-state index contributed by atoms with van der Waals surface area (Å²) in [6.45, 7) is -1.83. The highest BCUT2D eigenvalue weighted by atomic mass is 19.3. The molecule has 4 amide bonds. The Morgan fingerprint density at radius 2 is 2.00 bits per heavy atom. The highest BCUT2D eigenvalue weighted by Gasteiger charge is 2.31. The maximum atomic E-state index is 12.3. The van der Waals surface area contributed by atoms with Crippen LogP contribution in [0, 0.1) is 0 Å². The lowest BCUT2D eigenvalue weighted by molar-refractivity contribution is -0.156. The number of halogens is 2. The van der Waals surface area contributed by atoms with Crippen molar-refractivity contribution in [1.29, 1.82) is 0 Å². The summed E-state index contributed by atoms with van der Waals surface area (Å²) in [5.41, 5.74) is 0.0223. The molecule has 10 nitrogen and oxygen atoms in total. The number of alkyl halides is 2. The van der Waals surface area contributed by atoms with Gasteiger partial charge in [0.15, 0.2) is 17.6 Å². The number of nitrogens with one attached hydrogen (secondary N) is 2. The molecule has 2 N–H and O–H groups in total. The number of ether oxygens (including phenoxy) is 3. The Balaban J connectivity index is 1.88. The Kier molecular flexibility index (Phi) is 7.28. The predicted octanol–water partition coefficient (Wildman–Crippen LogP) is 0.510. The second-order valence-corrected chi connectivity index (χ2v) is 5.78. The maximum absolute atomic E-state index is 12.3. The van der Waals surface area contributed by atoms with Gasteiger partial charge >= 0.3 is 18.6 Å². The van der Waals surface area contributed by atoms with Crippen molar-refractivity contribution in [2.45, 2.75) is 19.6 Å². The fourth-order valence-electron chi connectivity index (χ4n) is 2.45. The van der Waals surface area contributed by atoms with Gasteiger partial charge in [-0.2, -0.15) is 8.78 Å². The molecule has 0 saturated carbocycles. The van der Waals surface area contributed by atoms with E-state index < -0.39 is 43.1 Å². The zero-order valence-corrected chi connectivity index (χ0v) is 15.6. The first-order valence-corrected chi connectivity index (χ1v) is 8.42. The molecule has 29 heavy (non-hydrogen) atoms. The van der Waals surface area contributed by atoms with Gasteiger partial charge in [-0.15, -0.1) is 0 Å². The van der Waals surface area contributed by atoms with Crippen molar-refractivity contribution >= 4 is 23.8 Å². The fraction of sp³-hybridized carbons (Fsp3) is 0.412. The van der Waals surface area contributed by atoms with Crippen LogP contribution in [-0.4, -0.2) is 68.2 Å². The Morgan fingerprint density at radius 3 is 2.59 bits per heavy atom. The number of carbonyl (C=O) groups excluding carboxylic acids is 4. The molecule has 1 heterocycles. The van der Waals surface area contributed by atoms with Gasteiger partial charge in [-0.3, -0.25) is 19.3 Å². The molecule has 0 aliphatic carbocycles. The molecule has 0 radical (unpaired) electrons. The molecule has 0 unspecified atom stereocenters. The van der Waals surface area contributed by atoms with E-state index in [0.717, 1.165) is 17.0 Å². The first kappa shape index (κ1) is 21.9. The molecule has 1 atom stereocenters. The summed E-state index contributed by atoms with van der Waals surface area (Å²) in [7, 11) is 1.21. The minimum atomic E-state index is -3.06. The van der Waals surface area contributed by atoms with Crippen LogP contribution in [0.4, 0.5) is 13.6 Å². The van der Waals surface area contributed by atoms with Crippen molar-refractivity contribution in [3.05, 3.63) is 23.8 Å². The molecule has 1 fully saturated rings. The van der Waals surface area contributed by atoms with E-state index in [1.54, 1.807) is 0 Å². The van der Waals surface area contributed by atoms with Gasteiger partial charge in [0.05, 0.1) is 7.11 Å². The first-order valence-electron chi connectivity index (χ1n) is 8.42. The van der Waals surface area contributed by atoms with Gasteiger partial charge in [0.2, 0.25) is 0 Å². The monoisotopic (exact) mass is 415 g/mol. The van der Waals surface area contributed by atoms with E-state index in [4.69, 9.17) is 9.47 Å². The normalized spacial score (nSPS) is 14.2. The van der Waals surface area contributed by atoms with Crippen molar-refractivity contribution < 1.29 is 42.2 Å². The number of carbonyl (C=O) groups is 4. The maximum Gasteiger partial charge on any atom is 0.387 e. The minimum absolute atomic E-state index is 0.0223. The lowest BCUT2D eigenvalue weighted by atomic mass is 10.2. The number of benzene rings is 1. The van der Waals surface area contributed by atoms with Crippen LogP contribution in [0.25, 0.3) is 0 Å². The molecule has 0 bridgehead atoms. The van der Waals surface area contributed by atoms with Crippen LogP contribution in [0.3, 0.4) is 0 Å². The van der Waals surface area contributed by atoms with Crippen molar-refractivity contribution in [1.82, 2.24) is 15.5 Å². The molecule has 0 aromatic heterocycles. The highest BCUT2D eigenvalue weighted by Crippen LogP contribution is 2.29. The van der Waals surface area contributed by atoms with E-state index in [2.05, 4.69) is 15.4 Å². The van der Waals surface area contributed by atoms with E-state index >= 15 is 0 Å². The number of nitrogens with zero attached hydrogens (tertiary/aromatic N) is 1. The molecule has 2 rings (SSSR count). The molecule has 158 valence electrons. The van der Waals surface area contributed by atoms with Gasteiger partial charge in [0.1, 0.15) is 6.54 Å². The number of methoxy groups -OCH3 is 1. The van der Waals surface area contributed by atoms with Crippen LogP contribution in [-0.2, 0) is 14.3 Å². The van der Waals surface area contributed by atoms with Crippen molar-refractivity contribution in [3.63, 3.8) is 0 Å². The Morgan fingerprint density at radius 1 is 1.28 bits per heavy atom. The van der Waals surface area contributed by atoms with Gasteiger partial charge in [-0.25, -0.2) is 4.79 Å². The minimum Gasteiger partial charge on any atom is -0.493 e. The van der Waals surface area contributed by atoms with Crippen molar-refractivity contribution in [2.75, 3.05) is 26.7 Å². The summed E-state index contributed by atoms with van der Waals surface area (Å²) in [5.74, 6) is -2.63. The van der Waals surface area contributed by atoms with Crippen LogP contribution in [0.2, 0.25) is 0 Å². The van der Waals surface area contributed by atoms with E-state index in [9.17, 15) is 28.0 Å². The lowest BCUT2D eigenvalue weighted by Gasteiger charge is -2.18. The number of urea groups is 1. The average molecular weight is 415 g/mol. The second-order valence-electron chi connectivity index (χ2n) is 5.78. The summed E-state index contributed by atoms with van der Waals surface area (Å²) >= 11 is 0. The number of hydrogen-bond donors (Lipinski definition) is 2. The number of amides is 4. The van der Waals surface area contributed by atoms with Gasteiger partial charge < -0.3 is 24.8 Å². The smallest absolute Gasteiger partial charge is 0.387 e. The van der Waals surface area contributed by atoms with E-state index in [1.165, 1.54) is 20.1 Å². The number of esters is 1. The fourth-order valence-corrected chi connectivity index (χ4v) is 2.45. The Labute approximate surface area is 164 Å². The SMILES string of the molecule is COc1cc(C(=O)NCC(=O)O[C@H](C)C(=O)N2CCNC2=O)ccc1OC(F)F. The molecule has 1 saturated heterocycles. The predicted molar refractivity (Wildman–Crippen MR) is 92.6 cm³/mol. The van der Waals surface area contributed by atoms with Gasteiger partial charge in [-0.05, 0) is 25.1 Å². The third kappa shape index (κ3) is 5.77. The summed E-state index contributed by atoms with van der Waals surface area (Å²) in [6, 6.07) is 2.93. The first-order chi connectivity index (χ1) is 13.7. The van der Waals surface area contributed by atoms with Crippen LogP contribution in [0.5, 0.6) is 11.5 Å². The van der Waals surface area contributed by atoms with Gasteiger partial charge in [0.25, 0.3) is 11.8 Å². The van der Waals surface area contributed by atoms with Crippen LogP contribution in [0.1, 0.15) is 17.3 Å². The zero-order chi connectivity index (χ0) is 21.6. The van der Waals surface area contributed by atoms with Crippen molar-refractivity contribution in [3.8, 4) is 11.5 Å². The second kappa shape index (κ2) is 9.66. The van der Waals surface area contributed by atoms with Crippen molar-refractivity contribution in [2.24, 2.45) is 0 Å². The zero-order valence-electron chi connectivity index (χ0n) is 15.6. The quantitative estimate of drug-likeness (QED) is 0.593. The van der Waals surface area contributed by atoms with E-state index in [0.29, 0.717) is 6.54 Å². The number of hydrogen-bond acceptors (Lipinski definition) is 7. The molecular formula is C17H19F2N3O7. The standard InChI is InChI=1S/C17H19F2N3O7/c1-9(15(25)22-6-5-20-17(22)26)28-13(23)8-21-14(24)10-3-4-11(29-16(18)19)12(7-10)27-2/h3-4,7,9,16H,5-6,8H2,1-2H3,(H,20,26)(H,21,24)/t9-/m1/s1. The lowest BCUT2D eigenvalue weighted by Crippen LogP contribution is -2.43. The summed E-state index contributed by atoms with van der Waals surface area (Å²) in [6.07, 6.45) is -1.21. The Bertz CT molecular complexity index is 803. The largest absolute Gasteiger partial charge is 0.493 e. The molecule has 1 aromatic rings. The van der Waals surface area contributed by atoms with E-state index in [1.807, 2.05) is 0 Å². The summed E-state index contributed by atoms with van der Waals surface area (Å²) in [5, 5.41) is 4.72. The molecule has 1 aliphatic rings. The Hall–Kier alpha value is -3.44. The molecule has 1 aromatic carbocycles. The average Bonchev–Trinajstić information content (AvgIpc) is 3.11. The van der Waals surface area contributed by atoms with E-state index in [-0.39, 0.29) is 23.6 Å². The number of rotatable bonds is 8.